The van der Waals surface area contributed by atoms with Crippen molar-refractivity contribution in [3.8, 4) is 24.2 Å². The fourth-order valence-electron chi connectivity index (χ4n) is 0.629. The fraction of sp³-hybridized carbons (Fsp3) is 0.333. The molecule has 0 saturated heterocycles. The maximum atomic E-state index is 11.3. The zero-order valence-corrected chi connectivity index (χ0v) is 7.88. The summed E-state index contributed by atoms with van der Waals surface area (Å²) >= 11 is 0. The van der Waals surface area contributed by atoms with E-state index >= 15 is 0 Å². The van der Waals surface area contributed by atoms with Crippen LogP contribution in [-0.2, 0) is 9.09 Å². The second-order valence-corrected chi connectivity index (χ2v) is 4.08. The highest BCUT2D eigenvalue weighted by molar-refractivity contribution is 7.69. The molecule has 0 radical (unpaired) electrons. The van der Waals surface area contributed by atoms with Crippen molar-refractivity contribution in [3.05, 3.63) is 12.7 Å². The van der Waals surface area contributed by atoms with Crippen LogP contribution in [-0.4, -0.2) is 6.10 Å². The highest BCUT2D eigenvalue weighted by Crippen LogP contribution is 2.45. The van der Waals surface area contributed by atoms with E-state index in [9.17, 15) is 4.57 Å². The van der Waals surface area contributed by atoms with Crippen molar-refractivity contribution in [1.82, 2.24) is 0 Å². The molecule has 0 aromatic heterocycles. The third-order valence-electron chi connectivity index (χ3n) is 1.17. The summed E-state index contributed by atoms with van der Waals surface area (Å²) in [5.41, 5.74) is 3.96. The smallest absolute Gasteiger partial charge is 0.307 e. The largest absolute Gasteiger partial charge is 0.345 e. The van der Waals surface area contributed by atoms with Crippen LogP contribution >= 0.6 is 7.37 Å². The first kappa shape index (κ1) is 11.1. The van der Waals surface area contributed by atoms with Gasteiger partial charge in [0.15, 0.2) is 0 Å². The molecule has 12 heavy (non-hydrogen) atoms. The Bertz CT molecular complexity index is 262. The van der Waals surface area contributed by atoms with Crippen LogP contribution in [0, 0.1) is 24.2 Å². The van der Waals surface area contributed by atoms with Gasteiger partial charge in [0, 0.05) is 0 Å². The minimum Gasteiger partial charge on any atom is -0.307 e. The van der Waals surface area contributed by atoms with Crippen molar-refractivity contribution in [3.63, 3.8) is 0 Å². The minimum absolute atomic E-state index is 0.250. The van der Waals surface area contributed by atoms with Crippen LogP contribution in [0.25, 0.3) is 0 Å². The molecule has 64 valence electrons. The summed E-state index contributed by atoms with van der Waals surface area (Å²) in [5, 5.41) is 0. The van der Waals surface area contributed by atoms with Crippen LogP contribution in [0.1, 0.15) is 13.3 Å². The van der Waals surface area contributed by atoms with Crippen molar-refractivity contribution in [2.24, 2.45) is 0 Å². The Morgan fingerprint density at radius 2 is 2.17 bits per heavy atom. The molecule has 2 nitrogen and oxygen atoms in total. The second-order valence-electron chi connectivity index (χ2n) is 2.25. The molecule has 0 aliphatic heterocycles. The Balaban J connectivity index is 4.27. The maximum Gasteiger partial charge on any atom is 0.345 e. The van der Waals surface area contributed by atoms with E-state index in [0.29, 0.717) is 6.42 Å². The highest BCUT2D eigenvalue weighted by atomic mass is 31.2. The summed E-state index contributed by atoms with van der Waals surface area (Å²) in [6.45, 7) is 5.25. The minimum atomic E-state index is -3.26. The highest BCUT2D eigenvalue weighted by Gasteiger charge is 2.18. The van der Waals surface area contributed by atoms with Crippen LogP contribution in [0.15, 0.2) is 12.7 Å². The number of terminal acetylenes is 2. The van der Waals surface area contributed by atoms with E-state index in [1.165, 1.54) is 0 Å². The van der Waals surface area contributed by atoms with E-state index in [0.717, 1.165) is 0 Å². The normalized spacial score (nSPS) is 12.6. The van der Waals surface area contributed by atoms with E-state index in [-0.39, 0.29) is 6.10 Å². The Morgan fingerprint density at radius 1 is 1.67 bits per heavy atom. The van der Waals surface area contributed by atoms with Gasteiger partial charge < -0.3 is 4.52 Å². The van der Waals surface area contributed by atoms with Crippen molar-refractivity contribution in [1.29, 1.82) is 0 Å². The molecule has 1 atom stereocenters. The van der Waals surface area contributed by atoms with Crippen molar-refractivity contribution < 1.29 is 9.09 Å². The van der Waals surface area contributed by atoms with Crippen LogP contribution in [0.4, 0.5) is 0 Å². The van der Waals surface area contributed by atoms with Crippen molar-refractivity contribution in [2.75, 3.05) is 0 Å². The summed E-state index contributed by atoms with van der Waals surface area (Å²) in [6, 6.07) is 0. The molecule has 0 aliphatic rings. The topological polar surface area (TPSA) is 26.3 Å². The average molecular weight is 182 g/mol. The summed E-state index contributed by atoms with van der Waals surface area (Å²) in [6.07, 6.45) is 11.9. The predicted octanol–water partition coefficient (Wildman–Crippen LogP) is 2.43. The molecule has 0 aliphatic carbocycles. The number of hydrogen-bond donors (Lipinski definition) is 0. The summed E-state index contributed by atoms with van der Waals surface area (Å²) in [7, 11) is -3.26. The Morgan fingerprint density at radius 3 is 2.50 bits per heavy atom. The van der Waals surface area contributed by atoms with Gasteiger partial charge in [0.05, 0.1) is 6.10 Å². The van der Waals surface area contributed by atoms with Crippen LogP contribution < -0.4 is 0 Å². The second kappa shape index (κ2) is 4.83. The first-order valence-electron chi connectivity index (χ1n) is 3.43. The lowest BCUT2D eigenvalue weighted by Crippen LogP contribution is -2.03. The van der Waals surface area contributed by atoms with Gasteiger partial charge in [0.25, 0.3) is 0 Å². The molecule has 3 heteroatoms. The first-order chi connectivity index (χ1) is 5.58. The molecule has 0 heterocycles. The number of hydrogen-bond acceptors (Lipinski definition) is 2. The van der Waals surface area contributed by atoms with Gasteiger partial charge in [-0.1, -0.05) is 6.08 Å². The predicted molar refractivity (Wildman–Crippen MR) is 50.6 cm³/mol. The Labute approximate surface area is 73.5 Å². The first-order valence-corrected chi connectivity index (χ1v) is 5.05. The van der Waals surface area contributed by atoms with Crippen molar-refractivity contribution >= 4 is 7.37 Å². The fourth-order valence-corrected chi connectivity index (χ4v) is 1.42. The zero-order valence-electron chi connectivity index (χ0n) is 6.99. The molecule has 0 fully saturated rings. The van der Waals surface area contributed by atoms with E-state index in [4.69, 9.17) is 17.4 Å². The molecule has 0 bridgehead atoms. The molecule has 0 N–H and O–H groups in total. The third kappa shape index (κ3) is 3.44. The maximum absolute atomic E-state index is 11.3. The third-order valence-corrected chi connectivity index (χ3v) is 2.50. The lowest BCUT2D eigenvalue weighted by atomic mass is 10.3. The zero-order chi connectivity index (χ0) is 9.61. The van der Waals surface area contributed by atoms with Gasteiger partial charge in [-0.05, 0) is 24.7 Å². The molecule has 1 unspecified atom stereocenters. The van der Waals surface area contributed by atoms with Crippen molar-refractivity contribution in [2.45, 2.75) is 19.4 Å². The molecule has 0 rings (SSSR count). The van der Waals surface area contributed by atoms with E-state index in [1.807, 2.05) is 11.3 Å². The molecule has 0 aromatic carbocycles. The van der Waals surface area contributed by atoms with Crippen LogP contribution in [0.3, 0.4) is 0 Å². The summed E-state index contributed by atoms with van der Waals surface area (Å²) in [4.78, 5) is 0. The Hall–Kier alpha value is -0.950. The van der Waals surface area contributed by atoms with Gasteiger partial charge in [-0.2, -0.15) is 0 Å². The van der Waals surface area contributed by atoms with Gasteiger partial charge in [0.2, 0.25) is 0 Å². The SMILES string of the molecule is C#CP(=O)(C#C)OC(C)CC=C. The van der Waals surface area contributed by atoms with Gasteiger partial charge in [0.1, 0.15) is 0 Å². The average Bonchev–Trinajstić information content (AvgIpc) is 2.05. The van der Waals surface area contributed by atoms with E-state index in [2.05, 4.69) is 6.58 Å². The molecular formula is C9H11O2P. The molecular weight excluding hydrogens is 171 g/mol. The van der Waals surface area contributed by atoms with Gasteiger partial charge in [-0.3, -0.25) is 4.57 Å². The monoisotopic (exact) mass is 182 g/mol. The van der Waals surface area contributed by atoms with Gasteiger partial charge in [-0.15, -0.1) is 19.4 Å². The van der Waals surface area contributed by atoms with Crippen LogP contribution in [0.5, 0.6) is 0 Å². The van der Waals surface area contributed by atoms with Gasteiger partial charge >= 0.3 is 7.37 Å². The molecule has 0 aromatic rings. The molecule has 0 amide bonds. The molecule has 0 saturated carbocycles. The lowest BCUT2D eigenvalue weighted by molar-refractivity contribution is 0.237. The van der Waals surface area contributed by atoms with E-state index < -0.39 is 7.37 Å². The Kier molecular flexibility index (Phi) is 4.45. The number of rotatable bonds is 4. The molecule has 0 spiro atoms. The standard InChI is InChI=1S/C9H11O2P/c1-5-8-9(4)11-12(10,6-2)7-3/h2-3,5,9H,1,8H2,4H3. The van der Waals surface area contributed by atoms with E-state index in [1.54, 1.807) is 13.0 Å². The van der Waals surface area contributed by atoms with Crippen LogP contribution in [0.2, 0.25) is 0 Å². The lowest BCUT2D eigenvalue weighted by Gasteiger charge is -2.11. The van der Waals surface area contributed by atoms with Gasteiger partial charge in [-0.25, -0.2) is 0 Å². The summed E-state index contributed by atoms with van der Waals surface area (Å²) in [5.74, 6) is 0. The quantitative estimate of drug-likeness (QED) is 0.379. The summed E-state index contributed by atoms with van der Waals surface area (Å²) < 4.78 is 16.3.